The molecule has 5 rings (SSSR count). The number of benzene rings is 2. The van der Waals surface area contributed by atoms with E-state index in [1.807, 2.05) is 48.5 Å². The van der Waals surface area contributed by atoms with Gasteiger partial charge in [0, 0.05) is 55.5 Å². The Bertz CT molecular complexity index is 1220. The lowest BCUT2D eigenvalue weighted by Crippen LogP contribution is -2.54. The van der Waals surface area contributed by atoms with E-state index in [4.69, 9.17) is 11.6 Å². The fourth-order valence-corrected chi connectivity index (χ4v) is 5.36. The van der Waals surface area contributed by atoms with Gasteiger partial charge in [0.2, 0.25) is 5.91 Å². The van der Waals surface area contributed by atoms with Crippen molar-refractivity contribution in [2.75, 3.05) is 29.4 Å². The molecule has 1 amide bonds. The van der Waals surface area contributed by atoms with Crippen molar-refractivity contribution < 1.29 is 9.90 Å². The van der Waals surface area contributed by atoms with Crippen molar-refractivity contribution in [1.29, 1.82) is 0 Å². The number of carbonyl (C=O) groups excluding carboxylic acids is 1. The molecule has 0 spiro atoms. The number of rotatable bonds is 4. The fourth-order valence-electron chi connectivity index (χ4n) is 5.08. The van der Waals surface area contributed by atoms with Gasteiger partial charge in [-0.15, -0.1) is 0 Å². The van der Waals surface area contributed by atoms with E-state index in [-0.39, 0.29) is 11.7 Å². The highest BCUT2D eigenvalue weighted by Gasteiger charge is 2.25. The summed E-state index contributed by atoms with van der Waals surface area (Å²) in [6.45, 7) is 6.82. The zero-order chi connectivity index (χ0) is 23.8. The van der Waals surface area contributed by atoms with Crippen LogP contribution in [-0.4, -0.2) is 47.7 Å². The Balaban J connectivity index is 1.47. The van der Waals surface area contributed by atoms with Crippen LogP contribution in [0, 0.1) is 0 Å². The van der Waals surface area contributed by atoms with Gasteiger partial charge in [-0.2, -0.15) is 0 Å². The van der Waals surface area contributed by atoms with E-state index < -0.39 is 0 Å². The first-order valence-corrected chi connectivity index (χ1v) is 12.2. The number of nitrogens with one attached hydrogen (secondary N) is 1. The van der Waals surface area contributed by atoms with Gasteiger partial charge in [0.05, 0.1) is 10.7 Å². The number of aromatic nitrogens is 1. The van der Waals surface area contributed by atoms with E-state index >= 15 is 0 Å². The number of piperazine rings is 1. The van der Waals surface area contributed by atoms with Crippen LogP contribution >= 0.6 is 11.6 Å². The molecule has 176 valence electrons. The highest BCUT2D eigenvalue weighted by Crippen LogP contribution is 2.41. The van der Waals surface area contributed by atoms with Crippen molar-refractivity contribution in [3.8, 4) is 28.0 Å². The first-order chi connectivity index (χ1) is 16.4. The minimum Gasteiger partial charge on any atom is -0.507 e. The number of nitrogens with zero attached hydrogens (tertiary/aromatic N) is 3. The minimum atomic E-state index is 0.0984. The smallest absolute Gasteiger partial charge is 0.227 e. The van der Waals surface area contributed by atoms with Crippen LogP contribution in [0.25, 0.3) is 22.3 Å². The molecule has 1 aromatic heterocycles. The van der Waals surface area contributed by atoms with E-state index in [2.05, 4.69) is 29.0 Å². The first-order valence-electron chi connectivity index (χ1n) is 11.8. The number of phenols is 1. The van der Waals surface area contributed by atoms with Crippen molar-refractivity contribution >= 4 is 29.0 Å². The molecule has 0 aliphatic carbocycles. The molecule has 3 heterocycles. The summed E-state index contributed by atoms with van der Waals surface area (Å²) in [4.78, 5) is 20.8. The van der Waals surface area contributed by atoms with Crippen LogP contribution in [0.1, 0.15) is 26.7 Å². The van der Waals surface area contributed by atoms with Crippen LogP contribution in [0.15, 0.2) is 54.7 Å². The molecule has 2 atom stereocenters. The highest BCUT2D eigenvalue weighted by atomic mass is 35.5. The average Bonchev–Trinajstić information content (AvgIpc) is 3.24. The Morgan fingerprint density at radius 1 is 1.03 bits per heavy atom. The number of halogens is 1. The Hall–Kier alpha value is -3.09. The van der Waals surface area contributed by atoms with Crippen molar-refractivity contribution in [3.63, 3.8) is 0 Å². The SMILES string of the molecule is CC1CN(c2cc(-c3cccc(-c4ccc(N5CCCC5=O)c(Cl)c4)c3O)ccn2)CC(C)N1. The molecule has 2 aliphatic heterocycles. The molecule has 0 saturated carbocycles. The highest BCUT2D eigenvalue weighted by molar-refractivity contribution is 6.34. The van der Waals surface area contributed by atoms with Gasteiger partial charge in [-0.25, -0.2) is 4.98 Å². The molecule has 2 aromatic carbocycles. The maximum Gasteiger partial charge on any atom is 0.227 e. The first kappa shape index (κ1) is 22.7. The molecule has 2 unspecified atom stereocenters. The Kier molecular flexibility index (Phi) is 6.19. The minimum absolute atomic E-state index is 0.0984. The number of phenolic OH excluding ortho intramolecular Hbond substituents is 1. The zero-order valence-electron chi connectivity index (χ0n) is 19.5. The predicted octanol–water partition coefficient (Wildman–Crippen LogP) is 5.09. The molecule has 2 saturated heterocycles. The average molecular weight is 477 g/mol. The summed E-state index contributed by atoms with van der Waals surface area (Å²) in [6.07, 6.45) is 3.20. The largest absolute Gasteiger partial charge is 0.507 e. The molecule has 0 radical (unpaired) electrons. The topological polar surface area (TPSA) is 68.7 Å². The third-order valence-electron chi connectivity index (χ3n) is 6.60. The molecule has 2 aliphatic rings. The Morgan fingerprint density at radius 3 is 2.38 bits per heavy atom. The van der Waals surface area contributed by atoms with Crippen LogP contribution in [0.2, 0.25) is 5.02 Å². The Morgan fingerprint density at radius 2 is 1.74 bits per heavy atom. The maximum atomic E-state index is 12.1. The number of hydrogen-bond donors (Lipinski definition) is 2. The summed E-state index contributed by atoms with van der Waals surface area (Å²) in [5, 5.41) is 15.3. The number of pyridine rings is 1. The standard InChI is InChI=1S/C27H29ClN4O2/c1-17-15-31(16-18(2)30-17)25-14-20(10-11-29-25)22-6-3-5-21(27(22)34)19-8-9-24(23(28)13-19)32-12-4-7-26(32)33/h3,5-6,8-11,13-14,17-18,30,34H,4,7,12,15-16H2,1-2H3. The van der Waals surface area contributed by atoms with Gasteiger partial charge in [-0.1, -0.05) is 35.9 Å². The molecule has 2 fully saturated rings. The van der Waals surface area contributed by atoms with E-state index in [1.54, 1.807) is 11.1 Å². The van der Waals surface area contributed by atoms with Gasteiger partial charge in [-0.3, -0.25) is 4.79 Å². The van der Waals surface area contributed by atoms with E-state index in [0.717, 1.165) is 47.7 Å². The van der Waals surface area contributed by atoms with Gasteiger partial charge < -0.3 is 20.2 Å². The van der Waals surface area contributed by atoms with Crippen molar-refractivity contribution in [1.82, 2.24) is 10.3 Å². The van der Waals surface area contributed by atoms with Crippen molar-refractivity contribution in [2.24, 2.45) is 0 Å². The fraction of sp³-hybridized carbons (Fsp3) is 0.333. The molecule has 0 bridgehead atoms. The summed E-state index contributed by atoms with van der Waals surface area (Å²) in [5.41, 5.74) is 3.88. The molecule has 3 aromatic rings. The van der Waals surface area contributed by atoms with Crippen LogP contribution in [0.5, 0.6) is 5.75 Å². The summed E-state index contributed by atoms with van der Waals surface area (Å²) >= 11 is 6.57. The van der Waals surface area contributed by atoms with E-state index in [0.29, 0.717) is 35.6 Å². The molecule has 7 heteroatoms. The second-order valence-corrected chi connectivity index (χ2v) is 9.70. The lowest BCUT2D eigenvalue weighted by atomic mass is 9.97. The van der Waals surface area contributed by atoms with Crippen LogP contribution in [-0.2, 0) is 4.79 Å². The zero-order valence-corrected chi connectivity index (χ0v) is 20.2. The summed E-state index contributed by atoms with van der Waals surface area (Å²) in [5.74, 6) is 1.20. The molecule has 6 nitrogen and oxygen atoms in total. The summed E-state index contributed by atoms with van der Waals surface area (Å²) < 4.78 is 0. The van der Waals surface area contributed by atoms with Crippen molar-refractivity contribution in [2.45, 2.75) is 38.8 Å². The predicted molar refractivity (Wildman–Crippen MR) is 138 cm³/mol. The quantitative estimate of drug-likeness (QED) is 0.549. The number of para-hydroxylation sites is 1. The molecule has 34 heavy (non-hydrogen) atoms. The number of aromatic hydroxyl groups is 1. The molecular weight excluding hydrogens is 448 g/mol. The molecule has 2 N–H and O–H groups in total. The van der Waals surface area contributed by atoms with Crippen LogP contribution in [0.3, 0.4) is 0 Å². The lowest BCUT2D eigenvalue weighted by Gasteiger charge is -2.37. The second kappa shape index (κ2) is 9.28. The van der Waals surface area contributed by atoms with Gasteiger partial charge in [0.1, 0.15) is 11.6 Å². The third kappa shape index (κ3) is 4.36. The van der Waals surface area contributed by atoms with E-state index in [1.165, 1.54) is 0 Å². The molecular formula is C27H29ClN4O2. The Labute approximate surface area is 205 Å². The van der Waals surface area contributed by atoms with E-state index in [9.17, 15) is 9.90 Å². The normalized spacial score (nSPS) is 20.7. The van der Waals surface area contributed by atoms with Gasteiger partial charge in [-0.05, 0) is 55.7 Å². The number of carbonyl (C=O) groups is 1. The second-order valence-electron chi connectivity index (χ2n) is 9.29. The monoisotopic (exact) mass is 476 g/mol. The third-order valence-corrected chi connectivity index (χ3v) is 6.90. The number of anilines is 2. The summed E-state index contributed by atoms with van der Waals surface area (Å²) in [7, 11) is 0. The van der Waals surface area contributed by atoms with Crippen molar-refractivity contribution in [3.05, 3.63) is 59.8 Å². The van der Waals surface area contributed by atoms with Crippen LogP contribution in [0.4, 0.5) is 11.5 Å². The van der Waals surface area contributed by atoms with Gasteiger partial charge >= 0.3 is 0 Å². The van der Waals surface area contributed by atoms with Gasteiger partial charge in [0.15, 0.2) is 0 Å². The number of amides is 1. The summed E-state index contributed by atoms with van der Waals surface area (Å²) in [6, 6.07) is 16.1. The lowest BCUT2D eigenvalue weighted by molar-refractivity contribution is -0.117. The van der Waals surface area contributed by atoms with Crippen LogP contribution < -0.4 is 15.1 Å². The number of hydrogen-bond acceptors (Lipinski definition) is 5. The maximum absolute atomic E-state index is 12.1. The van der Waals surface area contributed by atoms with Gasteiger partial charge in [0.25, 0.3) is 0 Å².